The summed E-state index contributed by atoms with van der Waals surface area (Å²) in [4.78, 5) is 22.3. The van der Waals surface area contributed by atoms with Crippen molar-refractivity contribution in [1.29, 1.82) is 0 Å². The molecule has 2 rings (SSSR count). The van der Waals surface area contributed by atoms with E-state index in [0.717, 1.165) is 5.56 Å². The highest BCUT2D eigenvalue weighted by Gasteiger charge is 2.12. The van der Waals surface area contributed by atoms with Crippen LogP contribution in [0.4, 0.5) is 0 Å². The molecule has 0 amide bonds. The molecule has 0 unspecified atom stereocenters. The molecule has 0 bridgehead atoms. The van der Waals surface area contributed by atoms with Crippen molar-refractivity contribution in [3.05, 3.63) is 58.0 Å². The molecule has 0 saturated heterocycles. The monoisotopic (exact) mass is 275 g/mol. The molecule has 2 aromatic rings. The Morgan fingerprint density at radius 3 is 2.35 bits per heavy atom. The van der Waals surface area contributed by atoms with Crippen LogP contribution in [0.1, 0.15) is 15.9 Å². The second-order valence-corrected chi connectivity index (χ2v) is 4.35. The maximum absolute atomic E-state index is 11.4. The Balaban J connectivity index is 2.19. The predicted octanol–water partition coefficient (Wildman–Crippen LogP) is 1.20. The lowest BCUT2D eigenvalue weighted by Gasteiger charge is -2.08. The number of phenols is 1. The number of rotatable bonds is 4. The topological polar surface area (TPSA) is 99.8 Å². The number of carboxylic acid groups (broad SMARTS) is 1. The number of carboxylic acids is 1. The molecule has 1 aromatic carbocycles. The van der Waals surface area contributed by atoms with E-state index in [1.165, 1.54) is 17.0 Å². The number of aryl methyl sites for hydroxylation is 2. The van der Waals surface area contributed by atoms with E-state index in [2.05, 4.69) is 0 Å². The molecule has 6 nitrogen and oxygen atoms in total. The van der Waals surface area contributed by atoms with Crippen LogP contribution in [0.25, 0.3) is 0 Å². The fourth-order valence-electron chi connectivity index (χ4n) is 1.82. The van der Waals surface area contributed by atoms with Crippen molar-refractivity contribution in [2.45, 2.75) is 13.0 Å². The predicted molar refractivity (Wildman–Crippen MR) is 71.1 cm³/mol. The Morgan fingerprint density at radius 2 is 1.75 bits per heavy atom. The number of aromatic hydroxyl groups is 2. The molecule has 0 aliphatic heterocycles. The highest BCUT2D eigenvalue weighted by Crippen LogP contribution is 2.11. The number of aromatic nitrogens is 1. The molecule has 0 aliphatic carbocycles. The smallest absolute Gasteiger partial charge is 0.341 e. The van der Waals surface area contributed by atoms with E-state index in [9.17, 15) is 14.7 Å². The largest absolute Gasteiger partial charge is 0.508 e. The van der Waals surface area contributed by atoms with Gasteiger partial charge in [0.05, 0.1) is 0 Å². The minimum atomic E-state index is -1.37. The molecule has 1 aromatic heterocycles. The van der Waals surface area contributed by atoms with Crippen LogP contribution < -0.4 is 5.43 Å². The number of hydrogen-bond acceptors (Lipinski definition) is 4. The molecule has 0 saturated carbocycles. The summed E-state index contributed by atoms with van der Waals surface area (Å²) in [6, 6.07) is 6.60. The summed E-state index contributed by atoms with van der Waals surface area (Å²) in [5, 5.41) is 27.5. The number of aromatic carboxylic acids is 1. The van der Waals surface area contributed by atoms with E-state index >= 15 is 0 Å². The molecule has 0 aliphatic rings. The van der Waals surface area contributed by atoms with E-state index in [-0.39, 0.29) is 5.75 Å². The van der Waals surface area contributed by atoms with Crippen molar-refractivity contribution in [1.82, 2.24) is 4.57 Å². The second-order valence-electron chi connectivity index (χ2n) is 4.35. The Morgan fingerprint density at radius 1 is 1.10 bits per heavy atom. The lowest BCUT2D eigenvalue weighted by Crippen LogP contribution is -2.17. The molecule has 104 valence electrons. The molecule has 0 fully saturated rings. The van der Waals surface area contributed by atoms with Gasteiger partial charge < -0.3 is 19.9 Å². The summed E-state index contributed by atoms with van der Waals surface area (Å²) in [5.74, 6) is -1.79. The van der Waals surface area contributed by atoms with Gasteiger partial charge in [0.15, 0.2) is 5.75 Å². The highest BCUT2D eigenvalue weighted by molar-refractivity contribution is 5.87. The number of nitrogens with zero attached hydrogens (tertiary/aromatic N) is 1. The van der Waals surface area contributed by atoms with Crippen LogP contribution >= 0.6 is 0 Å². The number of hydrogen-bond donors (Lipinski definition) is 3. The highest BCUT2D eigenvalue weighted by atomic mass is 16.4. The van der Waals surface area contributed by atoms with Gasteiger partial charge in [-0.15, -0.1) is 0 Å². The molecule has 0 spiro atoms. The minimum absolute atomic E-state index is 0.169. The van der Waals surface area contributed by atoms with Gasteiger partial charge in [-0.25, -0.2) is 4.79 Å². The summed E-state index contributed by atoms with van der Waals surface area (Å²) in [6.45, 7) is 0.402. The molecular weight excluding hydrogens is 262 g/mol. The summed E-state index contributed by atoms with van der Waals surface area (Å²) >= 11 is 0. The molecule has 1 heterocycles. The third kappa shape index (κ3) is 2.97. The van der Waals surface area contributed by atoms with Gasteiger partial charge in [0.1, 0.15) is 11.3 Å². The van der Waals surface area contributed by atoms with Crippen molar-refractivity contribution in [2.24, 2.45) is 0 Å². The van der Waals surface area contributed by atoms with Gasteiger partial charge in [-0.1, -0.05) is 12.1 Å². The van der Waals surface area contributed by atoms with Crippen LogP contribution in [-0.4, -0.2) is 25.9 Å². The van der Waals surface area contributed by atoms with Crippen molar-refractivity contribution in [2.75, 3.05) is 0 Å². The van der Waals surface area contributed by atoms with Crippen LogP contribution in [0.5, 0.6) is 11.5 Å². The third-order valence-corrected chi connectivity index (χ3v) is 2.89. The van der Waals surface area contributed by atoms with E-state index in [0.29, 0.717) is 13.0 Å². The van der Waals surface area contributed by atoms with Crippen LogP contribution in [0, 0.1) is 0 Å². The zero-order valence-electron chi connectivity index (χ0n) is 10.5. The SMILES string of the molecule is O=C(O)c1cn(CCc2ccc(O)cc2)cc(O)c1=O. The molecule has 6 heteroatoms. The maximum atomic E-state index is 11.4. The maximum Gasteiger partial charge on any atom is 0.341 e. The van der Waals surface area contributed by atoms with Crippen molar-refractivity contribution < 1.29 is 20.1 Å². The first kappa shape index (κ1) is 13.7. The molecular formula is C14H13NO5. The molecule has 0 atom stereocenters. The Labute approximate surface area is 114 Å². The zero-order valence-corrected chi connectivity index (χ0v) is 10.5. The fraction of sp³-hybridized carbons (Fsp3) is 0.143. The Kier molecular flexibility index (Phi) is 3.74. The summed E-state index contributed by atoms with van der Waals surface area (Å²) in [6.07, 6.45) is 2.97. The van der Waals surface area contributed by atoms with Gasteiger partial charge in [0, 0.05) is 18.9 Å². The summed E-state index contributed by atoms with van der Waals surface area (Å²) < 4.78 is 1.45. The number of phenolic OH excluding ortho intramolecular Hbond substituents is 1. The standard InChI is InChI=1S/C14H13NO5/c16-10-3-1-9(2-4-10)5-6-15-7-11(14(19)20)13(18)12(17)8-15/h1-4,7-8,16-17H,5-6H2,(H,19,20). The van der Waals surface area contributed by atoms with Crippen LogP contribution in [0.3, 0.4) is 0 Å². The molecule has 0 radical (unpaired) electrons. The lowest BCUT2D eigenvalue weighted by atomic mass is 10.1. The second kappa shape index (κ2) is 5.48. The van der Waals surface area contributed by atoms with Gasteiger partial charge in [-0.2, -0.15) is 0 Å². The van der Waals surface area contributed by atoms with E-state index < -0.39 is 22.7 Å². The van der Waals surface area contributed by atoms with Crippen molar-refractivity contribution in [3.63, 3.8) is 0 Å². The van der Waals surface area contributed by atoms with E-state index in [4.69, 9.17) is 10.2 Å². The van der Waals surface area contributed by atoms with Crippen molar-refractivity contribution in [3.8, 4) is 11.5 Å². The number of benzene rings is 1. The van der Waals surface area contributed by atoms with Crippen LogP contribution in [0.2, 0.25) is 0 Å². The zero-order chi connectivity index (χ0) is 14.7. The van der Waals surface area contributed by atoms with Crippen LogP contribution in [-0.2, 0) is 13.0 Å². The van der Waals surface area contributed by atoms with Crippen molar-refractivity contribution >= 4 is 5.97 Å². The van der Waals surface area contributed by atoms with Gasteiger partial charge in [-0.3, -0.25) is 4.79 Å². The number of pyridine rings is 1. The first-order chi connectivity index (χ1) is 9.47. The van der Waals surface area contributed by atoms with Gasteiger partial charge in [0.2, 0.25) is 5.43 Å². The van der Waals surface area contributed by atoms with Gasteiger partial charge in [-0.05, 0) is 24.1 Å². The van der Waals surface area contributed by atoms with Gasteiger partial charge >= 0.3 is 5.97 Å². The normalized spacial score (nSPS) is 10.4. The first-order valence-electron chi connectivity index (χ1n) is 5.91. The fourth-order valence-corrected chi connectivity index (χ4v) is 1.82. The number of carbonyl (C=O) groups is 1. The van der Waals surface area contributed by atoms with E-state index in [1.807, 2.05) is 0 Å². The average Bonchev–Trinajstić information content (AvgIpc) is 2.41. The Hall–Kier alpha value is -2.76. The summed E-state index contributed by atoms with van der Waals surface area (Å²) in [5.41, 5.74) is -0.410. The summed E-state index contributed by atoms with van der Waals surface area (Å²) in [7, 11) is 0. The molecule has 20 heavy (non-hydrogen) atoms. The Bertz CT molecular complexity index is 688. The quantitative estimate of drug-likeness (QED) is 0.778. The van der Waals surface area contributed by atoms with Crippen LogP contribution in [0.15, 0.2) is 41.5 Å². The molecule has 3 N–H and O–H groups in total. The van der Waals surface area contributed by atoms with E-state index in [1.54, 1.807) is 24.3 Å². The average molecular weight is 275 g/mol. The minimum Gasteiger partial charge on any atom is -0.508 e. The lowest BCUT2D eigenvalue weighted by molar-refractivity contribution is 0.0693. The van der Waals surface area contributed by atoms with Gasteiger partial charge in [0.25, 0.3) is 0 Å². The third-order valence-electron chi connectivity index (χ3n) is 2.89. The first-order valence-corrected chi connectivity index (χ1v) is 5.91.